The van der Waals surface area contributed by atoms with Crippen LogP contribution in [-0.4, -0.2) is 22.3 Å². The SMILES string of the molecule is Cn1cc(C(=O)NC2CCCc3cc(OC(F)F)ccc32)c(-c2ccccc2Cl)n1. The number of benzene rings is 2. The summed E-state index contributed by atoms with van der Waals surface area (Å²) in [5.41, 5.74) is 3.44. The Hall–Kier alpha value is -2.93. The van der Waals surface area contributed by atoms with Crippen molar-refractivity contribution in [2.75, 3.05) is 0 Å². The van der Waals surface area contributed by atoms with Gasteiger partial charge in [0.15, 0.2) is 0 Å². The predicted octanol–water partition coefficient (Wildman–Crippen LogP) is 5.15. The fraction of sp³-hybridized carbons (Fsp3) is 0.273. The number of aryl methyl sites for hydroxylation is 2. The Bertz CT molecular complexity index is 1080. The molecule has 3 aromatic rings. The number of hydrogen-bond acceptors (Lipinski definition) is 3. The van der Waals surface area contributed by atoms with Crippen molar-refractivity contribution in [1.82, 2.24) is 15.1 Å². The molecule has 0 aliphatic heterocycles. The van der Waals surface area contributed by atoms with Gasteiger partial charge in [-0.05, 0) is 48.6 Å². The lowest BCUT2D eigenvalue weighted by Gasteiger charge is -2.27. The number of nitrogens with one attached hydrogen (secondary N) is 1. The Balaban J connectivity index is 1.60. The second-order valence-electron chi connectivity index (χ2n) is 7.20. The molecule has 1 aliphatic carbocycles. The Kier molecular flexibility index (Phi) is 5.72. The van der Waals surface area contributed by atoms with Gasteiger partial charge >= 0.3 is 6.61 Å². The van der Waals surface area contributed by atoms with Crippen molar-refractivity contribution in [2.24, 2.45) is 7.05 Å². The molecule has 0 bridgehead atoms. The van der Waals surface area contributed by atoms with Gasteiger partial charge in [-0.15, -0.1) is 0 Å². The maximum absolute atomic E-state index is 13.1. The van der Waals surface area contributed by atoms with E-state index < -0.39 is 6.61 Å². The number of carbonyl (C=O) groups is 1. The van der Waals surface area contributed by atoms with Crippen LogP contribution in [-0.2, 0) is 13.5 Å². The van der Waals surface area contributed by atoms with Gasteiger partial charge in [-0.2, -0.15) is 13.9 Å². The summed E-state index contributed by atoms with van der Waals surface area (Å²) in [7, 11) is 1.75. The fourth-order valence-electron chi connectivity index (χ4n) is 3.86. The summed E-state index contributed by atoms with van der Waals surface area (Å²) in [5.74, 6) is -0.132. The molecule has 1 heterocycles. The minimum absolute atomic E-state index is 0.129. The van der Waals surface area contributed by atoms with Crippen LogP contribution in [0.5, 0.6) is 5.75 Å². The smallest absolute Gasteiger partial charge is 0.387 e. The lowest BCUT2D eigenvalue weighted by molar-refractivity contribution is -0.0499. The van der Waals surface area contributed by atoms with E-state index in [1.54, 1.807) is 36.1 Å². The zero-order valence-corrected chi connectivity index (χ0v) is 17.0. The van der Waals surface area contributed by atoms with Gasteiger partial charge < -0.3 is 10.1 Å². The molecular weight excluding hydrogens is 412 g/mol. The number of halogens is 3. The van der Waals surface area contributed by atoms with Gasteiger partial charge in [-0.3, -0.25) is 9.48 Å². The van der Waals surface area contributed by atoms with E-state index in [1.807, 2.05) is 18.2 Å². The molecule has 1 aliphatic rings. The first-order valence-corrected chi connectivity index (χ1v) is 9.97. The highest BCUT2D eigenvalue weighted by Crippen LogP contribution is 2.34. The Labute approximate surface area is 177 Å². The Morgan fingerprint density at radius 2 is 2.10 bits per heavy atom. The number of hydrogen-bond donors (Lipinski definition) is 1. The summed E-state index contributed by atoms with van der Waals surface area (Å²) in [6.07, 6.45) is 4.01. The Morgan fingerprint density at radius 1 is 1.30 bits per heavy atom. The number of ether oxygens (including phenoxy) is 1. The summed E-state index contributed by atoms with van der Waals surface area (Å²) < 4.78 is 31.1. The molecule has 30 heavy (non-hydrogen) atoms. The average Bonchev–Trinajstić information content (AvgIpc) is 3.09. The Morgan fingerprint density at radius 3 is 2.87 bits per heavy atom. The first-order chi connectivity index (χ1) is 14.4. The molecule has 1 aromatic heterocycles. The normalized spacial score (nSPS) is 15.7. The highest BCUT2D eigenvalue weighted by atomic mass is 35.5. The van der Waals surface area contributed by atoms with Gasteiger partial charge in [0.2, 0.25) is 0 Å². The zero-order valence-electron chi connectivity index (χ0n) is 16.2. The second-order valence-corrected chi connectivity index (χ2v) is 7.61. The van der Waals surface area contributed by atoms with E-state index >= 15 is 0 Å². The van der Waals surface area contributed by atoms with Crippen LogP contribution in [0.15, 0.2) is 48.7 Å². The molecule has 1 atom stereocenters. The second kappa shape index (κ2) is 8.44. The van der Waals surface area contributed by atoms with Crippen molar-refractivity contribution in [3.8, 4) is 17.0 Å². The summed E-state index contributed by atoms with van der Waals surface area (Å²) in [6.45, 7) is -2.86. The van der Waals surface area contributed by atoms with Crippen LogP contribution < -0.4 is 10.1 Å². The van der Waals surface area contributed by atoms with Gasteiger partial charge in [0.25, 0.3) is 5.91 Å². The predicted molar refractivity (Wildman–Crippen MR) is 110 cm³/mol. The maximum Gasteiger partial charge on any atom is 0.387 e. The van der Waals surface area contributed by atoms with Gasteiger partial charge in [0.05, 0.1) is 16.6 Å². The van der Waals surface area contributed by atoms with E-state index in [0.29, 0.717) is 21.8 Å². The van der Waals surface area contributed by atoms with Crippen LogP contribution >= 0.6 is 11.6 Å². The molecule has 0 saturated heterocycles. The number of amides is 1. The number of rotatable bonds is 5. The van der Waals surface area contributed by atoms with Crippen molar-refractivity contribution in [1.29, 1.82) is 0 Å². The summed E-state index contributed by atoms with van der Waals surface area (Å²) in [6, 6.07) is 11.9. The van der Waals surface area contributed by atoms with Gasteiger partial charge in [-0.1, -0.05) is 35.9 Å². The van der Waals surface area contributed by atoms with Crippen LogP contribution in [0.4, 0.5) is 8.78 Å². The minimum atomic E-state index is -2.86. The van der Waals surface area contributed by atoms with E-state index in [-0.39, 0.29) is 17.7 Å². The van der Waals surface area contributed by atoms with Crippen molar-refractivity contribution in [3.05, 3.63) is 70.4 Å². The standard InChI is InChI=1S/C22H20ClF2N3O2/c1-28-12-17(20(27-28)16-6-2-3-7-18(16)23)21(29)26-19-8-4-5-13-11-14(30-22(24)25)9-10-15(13)19/h2-3,6-7,9-12,19,22H,4-5,8H2,1H3,(H,26,29). The summed E-state index contributed by atoms with van der Waals surface area (Å²) >= 11 is 6.31. The fourth-order valence-corrected chi connectivity index (χ4v) is 4.08. The zero-order chi connectivity index (χ0) is 21.3. The average molecular weight is 432 g/mol. The van der Waals surface area contributed by atoms with Crippen LogP contribution in [0.1, 0.15) is 40.4 Å². The number of alkyl halides is 2. The third kappa shape index (κ3) is 4.16. The molecule has 4 rings (SSSR count). The molecular formula is C22H20ClF2N3O2. The van der Waals surface area contributed by atoms with Crippen molar-refractivity contribution in [3.63, 3.8) is 0 Å². The van der Waals surface area contributed by atoms with Gasteiger partial charge in [0, 0.05) is 18.8 Å². The van der Waals surface area contributed by atoms with Gasteiger partial charge in [0.1, 0.15) is 11.4 Å². The molecule has 2 aromatic carbocycles. The highest BCUT2D eigenvalue weighted by Gasteiger charge is 2.26. The van der Waals surface area contributed by atoms with Crippen molar-refractivity contribution >= 4 is 17.5 Å². The molecule has 1 unspecified atom stereocenters. The molecule has 156 valence electrons. The van der Waals surface area contributed by atoms with E-state index in [1.165, 1.54) is 6.07 Å². The van der Waals surface area contributed by atoms with E-state index in [4.69, 9.17) is 11.6 Å². The molecule has 1 amide bonds. The first kappa shape index (κ1) is 20.3. The molecule has 0 spiro atoms. The lowest BCUT2D eigenvalue weighted by atomic mass is 9.87. The molecule has 1 N–H and O–H groups in total. The van der Waals surface area contributed by atoms with Crippen molar-refractivity contribution < 1.29 is 18.3 Å². The first-order valence-electron chi connectivity index (χ1n) is 9.59. The topological polar surface area (TPSA) is 56.2 Å². The maximum atomic E-state index is 13.1. The lowest BCUT2D eigenvalue weighted by Crippen LogP contribution is -2.31. The van der Waals surface area contributed by atoms with Crippen LogP contribution in [0.2, 0.25) is 5.02 Å². The van der Waals surface area contributed by atoms with E-state index in [0.717, 1.165) is 30.4 Å². The summed E-state index contributed by atoms with van der Waals surface area (Å²) in [4.78, 5) is 13.1. The van der Waals surface area contributed by atoms with E-state index in [2.05, 4.69) is 15.2 Å². The van der Waals surface area contributed by atoms with Crippen LogP contribution in [0.3, 0.4) is 0 Å². The molecule has 8 heteroatoms. The molecule has 0 radical (unpaired) electrons. The number of nitrogens with zero attached hydrogens (tertiary/aromatic N) is 2. The van der Waals surface area contributed by atoms with Gasteiger partial charge in [-0.25, -0.2) is 0 Å². The molecule has 5 nitrogen and oxygen atoms in total. The number of carbonyl (C=O) groups excluding carboxylic acids is 1. The van der Waals surface area contributed by atoms with Crippen LogP contribution in [0.25, 0.3) is 11.3 Å². The van der Waals surface area contributed by atoms with E-state index in [9.17, 15) is 13.6 Å². The number of fused-ring (bicyclic) bond motifs is 1. The van der Waals surface area contributed by atoms with Crippen LogP contribution in [0, 0.1) is 0 Å². The largest absolute Gasteiger partial charge is 0.435 e. The summed E-state index contributed by atoms with van der Waals surface area (Å²) in [5, 5.41) is 8.01. The van der Waals surface area contributed by atoms with Crippen molar-refractivity contribution in [2.45, 2.75) is 31.9 Å². The monoisotopic (exact) mass is 431 g/mol. The molecule has 0 saturated carbocycles. The third-order valence-corrected chi connectivity index (χ3v) is 5.49. The minimum Gasteiger partial charge on any atom is -0.435 e. The molecule has 0 fully saturated rings. The highest BCUT2D eigenvalue weighted by molar-refractivity contribution is 6.33. The third-order valence-electron chi connectivity index (χ3n) is 5.16. The quantitative estimate of drug-likeness (QED) is 0.607. The number of aromatic nitrogens is 2.